The van der Waals surface area contributed by atoms with Gasteiger partial charge in [-0.2, -0.15) is 0 Å². The Hall–Kier alpha value is -1.95. The molecule has 2 aromatic carbocycles. The van der Waals surface area contributed by atoms with Crippen LogP contribution in [0.5, 0.6) is 11.5 Å². The minimum atomic E-state index is -0.560. The van der Waals surface area contributed by atoms with Crippen LogP contribution >= 0.6 is 12.4 Å². The van der Waals surface area contributed by atoms with Crippen LogP contribution < -0.4 is 19.7 Å². The van der Waals surface area contributed by atoms with Crippen molar-refractivity contribution in [3.63, 3.8) is 0 Å². The lowest BCUT2D eigenvalue weighted by molar-refractivity contribution is 0.142. The summed E-state index contributed by atoms with van der Waals surface area (Å²) in [5, 5.41) is 13.7. The number of benzene rings is 2. The van der Waals surface area contributed by atoms with Gasteiger partial charge in [0.15, 0.2) is 0 Å². The zero-order valence-electron chi connectivity index (χ0n) is 15.1. The second-order valence-corrected chi connectivity index (χ2v) is 5.65. The minimum absolute atomic E-state index is 0. The van der Waals surface area contributed by atoms with Crippen molar-refractivity contribution in [1.29, 1.82) is 0 Å². The van der Waals surface area contributed by atoms with Crippen LogP contribution in [0, 0.1) is 0 Å². The van der Waals surface area contributed by atoms with Crippen molar-refractivity contribution in [2.24, 2.45) is 0 Å². The molecule has 2 N–H and O–H groups in total. The zero-order valence-corrected chi connectivity index (χ0v) is 15.9. The Labute approximate surface area is 156 Å². The Balaban J connectivity index is 0.00000312. The van der Waals surface area contributed by atoms with Crippen LogP contribution in [0.1, 0.15) is 11.6 Å². The molecular formula is C19H27ClN2O3. The molecule has 138 valence electrons. The van der Waals surface area contributed by atoms with Gasteiger partial charge in [0.2, 0.25) is 0 Å². The van der Waals surface area contributed by atoms with Crippen LogP contribution in [0.25, 0.3) is 0 Å². The van der Waals surface area contributed by atoms with E-state index in [1.165, 1.54) is 0 Å². The molecule has 6 heteroatoms. The van der Waals surface area contributed by atoms with Crippen LogP contribution in [0.15, 0.2) is 48.5 Å². The summed E-state index contributed by atoms with van der Waals surface area (Å²) >= 11 is 0. The number of rotatable bonds is 8. The summed E-state index contributed by atoms with van der Waals surface area (Å²) in [6, 6.07) is 15.4. The maximum absolute atomic E-state index is 10.7. The van der Waals surface area contributed by atoms with E-state index < -0.39 is 6.10 Å². The zero-order chi connectivity index (χ0) is 17.5. The van der Waals surface area contributed by atoms with E-state index in [4.69, 9.17) is 9.47 Å². The number of halogens is 1. The monoisotopic (exact) mass is 366 g/mol. The molecule has 0 aliphatic heterocycles. The third kappa shape index (κ3) is 5.26. The average Bonchev–Trinajstić information content (AvgIpc) is 2.62. The first-order valence-electron chi connectivity index (χ1n) is 7.94. The van der Waals surface area contributed by atoms with Crippen molar-refractivity contribution in [3.8, 4) is 11.5 Å². The number of nitrogens with one attached hydrogen (secondary N) is 1. The number of likely N-dealkylation sites (N-methyl/N-ethyl adjacent to an activating group) is 2. The normalized spacial score (nSPS) is 12.7. The predicted octanol–water partition coefficient (Wildman–Crippen LogP) is 2.88. The molecule has 5 nitrogen and oxygen atoms in total. The highest BCUT2D eigenvalue weighted by atomic mass is 35.5. The van der Waals surface area contributed by atoms with Crippen LogP contribution in [0.3, 0.4) is 0 Å². The van der Waals surface area contributed by atoms with Gasteiger partial charge in [0.25, 0.3) is 0 Å². The fourth-order valence-electron chi connectivity index (χ4n) is 2.80. The highest BCUT2D eigenvalue weighted by Gasteiger charge is 2.25. The lowest BCUT2D eigenvalue weighted by Gasteiger charge is -2.34. The van der Waals surface area contributed by atoms with Gasteiger partial charge in [0.05, 0.1) is 26.4 Å². The van der Waals surface area contributed by atoms with E-state index in [0.717, 1.165) is 22.7 Å². The lowest BCUT2D eigenvalue weighted by Crippen LogP contribution is -2.39. The Morgan fingerprint density at radius 2 is 1.44 bits per heavy atom. The van der Waals surface area contributed by atoms with Crippen molar-refractivity contribution < 1.29 is 14.6 Å². The number of nitrogens with zero attached hydrogens (tertiary/aromatic N) is 1. The molecule has 2 aromatic rings. The van der Waals surface area contributed by atoms with Crippen molar-refractivity contribution >= 4 is 18.1 Å². The Bertz CT molecular complexity index is 620. The van der Waals surface area contributed by atoms with E-state index in [-0.39, 0.29) is 18.4 Å². The molecule has 0 aliphatic rings. The highest BCUT2D eigenvalue weighted by Crippen LogP contribution is 2.30. The Morgan fingerprint density at radius 3 is 1.88 bits per heavy atom. The van der Waals surface area contributed by atoms with E-state index in [2.05, 4.69) is 10.2 Å². The summed E-state index contributed by atoms with van der Waals surface area (Å²) in [4.78, 5) is 2.07. The minimum Gasteiger partial charge on any atom is -0.497 e. The third-order valence-electron chi connectivity index (χ3n) is 4.13. The molecule has 0 spiro atoms. The van der Waals surface area contributed by atoms with Gasteiger partial charge in [0, 0.05) is 19.3 Å². The van der Waals surface area contributed by atoms with Gasteiger partial charge < -0.3 is 24.8 Å². The summed E-state index contributed by atoms with van der Waals surface area (Å²) in [7, 11) is 7.11. The van der Waals surface area contributed by atoms with Gasteiger partial charge in [-0.05, 0) is 49.0 Å². The summed E-state index contributed by atoms with van der Waals surface area (Å²) in [6.07, 6.45) is -0.560. The topological polar surface area (TPSA) is 54.0 Å². The molecule has 0 aromatic heterocycles. The van der Waals surface area contributed by atoms with Crippen molar-refractivity contribution in [2.45, 2.75) is 12.1 Å². The van der Waals surface area contributed by atoms with Crippen LogP contribution in [-0.4, -0.2) is 46.1 Å². The van der Waals surface area contributed by atoms with E-state index in [9.17, 15) is 5.11 Å². The maximum atomic E-state index is 10.7. The number of hydrogen-bond acceptors (Lipinski definition) is 5. The standard InChI is InChI=1S/C19H26N2O3.ClH/c1-20-13-18(22)19(14-5-9-16(23-3)10-6-14)21(2)15-7-11-17(24-4)12-8-15;/h5-12,18-20,22H,13H2,1-4H3;1H. The van der Waals surface area contributed by atoms with Crippen LogP contribution in [0.4, 0.5) is 5.69 Å². The van der Waals surface area contributed by atoms with E-state index in [1.54, 1.807) is 14.2 Å². The van der Waals surface area contributed by atoms with Gasteiger partial charge >= 0.3 is 0 Å². The lowest BCUT2D eigenvalue weighted by atomic mass is 9.99. The van der Waals surface area contributed by atoms with Gasteiger partial charge in [-0.25, -0.2) is 0 Å². The first kappa shape index (κ1) is 21.1. The van der Waals surface area contributed by atoms with Crippen molar-refractivity contribution in [1.82, 2.24) is 5.32 Å². The van der Waals surface area contributed by atoms with E-state index in [1.807, 2.05) is 62.6 Å². The molecule has 0 heterocycles. The van der Waals surface area contributed by atoms with E-state index >= 15 is 0 Å². The molecule has 25 heavy (non-hydrogen) atoms. The van der Waals surface area contributed by atoms with Crippen LogP contribution in [-0.2, 0) is 0 Å². The average molecular weight is 367 g/mol. The summed E-state index contributed by atoms with van der Waals surface area (Å²) in [5.41, 5.74) is 2.03. The SMILES string of the molecule is CNCC(O)C(c1ccc(OC)cc1)N(C)c1ccc(OC)cc1.Cl. The summed E-state index contributed by atoms with van der Waals surface area (Å²) < 4.78 is 10.4. The van der Waals surface area contributed by atoms with Crippen molar-refractivity contribution in [2.75, 3.05) is 39.8 Å². The second-order valence-electron chi connectivity index (χ2n) is 5.65. The summed E-state index contributed by atoms with van der Waals surface area (Å²) in [5.74, 6) is 1.61. The van der Waals surface area contributed by atoms with Gasteiger partial charge in [0.1, 0.15) is 11.5 Å². The first-order chi connectivity index (χ1) is 11.6. The molecule has 2 unspecified atom stereocenters. The predicted molar refractivity (Wildman–Crippen MR) is 104 cm³/mol. The molecule has 2 atom stereocenters. The number of aliphatic hydroxyl groups is 1. The van der Waals surface area contributed by atoms with Gasteiger partial charge in [-0.3, -0.25) is 0 Å². The van der Waals surface area contributed by atoms with Crippen LogP contribution in [0.2, 0.25) is 0 Å². The second kappa shape index (κ2) is 10.1. The number of aliphatic hydroxyl groups excluding tert-OH is 1. The molecule has 0 aliphatic carbocycles. The number of hydrogen-bond donors (Lipinski definition) is 2. The molecule has 0 radical (unpaired) electrons. The smallest absolute Gasteiger partial charge is 0.119 e. The largest absolute Gasteiger partial charge is 0.497 e. The molecule has 0 amide bonds. The maximum Gasteiger partial charge on any atom is 0.119 e. The van der Waals surface area contributed by atoms with Gasteiger partial charge in [-0.1, -0.05) is 12.1 Å². The first-order valence-corrected chi connectivity index (χ1v) is 7.94. The molecule has 2 rings (SSSR count). The summed E-state index contributed by atoms with van der Waals surface area (Å²) in [6.45, 7) is 0.497. The fraction of sp³-hybridized carbons (Fsp3) is 0.368. The molecule has 0 fully saturated rings. The molecule has 0 saturated heterocycles. The molecule has 0 saturated carbocycles. The number of anilines is 1. The Kier molecular flexibility index (Phi) is 8.55. The highest BCUT2D eigenvalue weighted by molar-refractivity contribution is 5.85. The Morgan fingerprint density at radius 1 is 0.960 bits per heavy atom. The van der Waals surface area contributed by atoms with Crippen molar-refractivity contribution in [3.05, 3.63) is 54.1 Å². The number of methoxy groups -OCH3 is 2. The number of ether oxygens (including phenoxy) is 2. The van der Waals surface area contributed by atoms with E-state index in [0.29, 0.717) is 6.54 Å². The molecular weight excluding hydrogens is 340 g/mol. The fourth-order valence-corrected chi connectivity index (χ4v) is 2.80. The quantitative estimate of drug-likeness (QED) is 0.752. The molecule has 0 bridgehead atoms. The third-order valence-corrected chi connectivity index (χ3v) is 4.13. The van der Waals surface area contributed by atoms with Gasteiger partial charge in [-0.15, -0.1) is 12.4 Å².